The quantitative estimate of drug-likeness (QED) is 0.501. The Morgan fingerprint density at radius 2 is 2.08 bits per heavy atom. The molecule has 3 rings (SSSR count). The minimum atomic E-state index is -0.800. The summed E-state index contributed by atoms with van der Waals surface area (Å²) >= 11 is 19.0. The van der Waals surface area contributed by atoms with Gasteiger partial charge in [-0.05, 0) is 11.4 Å². The van der Waals surface area contributed by atoms with Crippen LogP contribution in [0.4, 0.5) is 5.69 Å². The van der Waals surface area contributed by atoms with E-state index >= 15 is 0 Å². The Balaban J connectivity index is 1.73. The van der Waals surface area contributed by atoms with E-state index in [1.165, 1.54) is 17.6 Å². The van der Waals surface area contributed by atoms with Gasteiger partial charge in [-0.25, -0.2) is 14.8 Å². The minimum absolute atomic E-state index is 0.0182. The van der Waals surface area contributed by atoms with Crippen molar-refractivity contribution in [1.82, 2.24) is 9.97 Å². The molecule has 0 saturated carbocycles. The van der Waals surface area contributed by atoms with Gasteiger partial charge in [-0.15, -0.1) is 11.3 Å². The second-order valence-electron chi connectivity index (χ2n) is 4.49. The van der Waals surface area contributed by atoms with Crippen LogP contribution in [0, 0.1) is 0 Å². The van der Waals surface area contributed by atoms with Gasteiger partial charge >= 0.3 is 5.97 Å². The Labute approximate surface area is 155 Å². The number of nitrogens with two attached hydrogens (primary N) is 1. The zero-order valence-corrected chi connectivity index (χ0v) is 14.8. The second kappa shape index (κ2) is 6.98. The van der Waals surface area contributed by atoms with Crippen LogP contribution in [-0.2, 0) is 11.3 Å². The van der Waals surface area contributed by atoms with E-state index in [0.29, 0.717) is 11.6 Å². The van der Waals surface area contributed by atoms with Crippen molar-refractivity contribution in [2.45, 2.75) is 6.61 Å². The maximum absolute atomic E-state index is 12.1. The van der Waals surface area contributed by atoms with E-state index in [4.69, 9.17) is 49.7 Å². The van der Waals surface area contributed by atoms with E-state index in [0.717, 1.165) is 4.88 Å². The smallest absolute Gasteiger partial charge is 0.359 e. The number of hydrogen-bond donors (Lipinski definition) is 1. The SMILES string of the molecule is Nc1c(Cl)c(Cl)nc(C(=O)OCc2coc(-c3cccs3)n2)c1Cl. The van der Waals surface area contributed by atoms with Crippen molar-refractivity contribution >= 4 is 57.8 Å². The number of rotatable bonds is 4. The predicted octanol–water partition coefficient (Wildman–Crippen LogP) is 4.70. The van der Waals surface area contributed by atoms with Gasteiger partial charge in [0.25, 0.3) is 0 Å². The first-order chi connectivity index (χ1) is 11.5. The summed E-state index contributed by atoms with van der Waals surface area (Å²) in [5, 5.41) is 1.64. The molecular formula is C14H8Cl3N3O3S. The van der Waals surface area contributed by atoms with E-state index in [1.54, 1.807) is 0 Å². The van der Waals surface area contributed by atoms with Gasteiger partial charge in [-0.3, -0.25) is 0 Å². The van der Waals surface area contributed by atoms with Gasteiger partial charge < -0.3 is 14.9 Å². The third-order valence-electron chi connectivity index (χ3n) is 2.90. The van der Waals surface area contributed by atoms with Crippen LogP contribution in [0.3, 0.4) is 0 Å². The van der Waals surface area contributed by atoms with Gasteiger partial charge in [0.2, 0.25) is 5.89 Å². The van der Waals surface area contributed by atoms with Crippen LogP contribution in [0.5, 0.6) is 0 Å². The normalized spacial score (nSPS) is 10.8. The molecule has 3 aromatic heterocycles. The fraction of sp³-hybridized carbons (Fsp3) is 0.0714. The Bertz CT molecular complexity index is 896. The number of oxazole rings is 1. The molecule has 2 N–H and O–H groups in total. The number of thiophene rings is 1. The van der Waals surface area contributed by atoms with E-state index in [9.17, 15) is 4.79 Å². The standard InChI is InChI=1S/C14H8Cl3N3O3S/c15-8-10(18)9(16)12(17)20-11(8)14(21)23-5-6-4-22-13(19-6)7-2-1-3-24-7/h1-4H,5H2,(H2,18,20). The molecule has 6 nitrogen and oxygen atoms in total. The second-order valence-corrected chi connectivity index (χ2v) is 6.55. The van der Waals surface area contributed by atoms with Gasteiger partial charge in [-0.2, -0.15) is 0 Å². The summed E-state index contributed by atoms with van der Waals surface area (Å²) in [6.07, 6.45) is 1.40. The molecule has 0 saturated heterocycles. The highest BCUT2D eigenvalue weighted by atomic mass is 35.5. The predicted molar refractivity (Wildman–Crippen MR) is 92.6 cm³/mol. The molecule has 0 fully saturated rings. The van der Waals surface area contributed by atoms with Crippen LogP contribution in [0.2, 0.25) is 15.2 Å². The van der Waals surface area contributed by atoms with Crippen molar-refractivity contribution in [2.75, 3.05) is 5.73 Å². The summed E-state index contributed by atoms with van der Waals surface area (Å²) < 4.78 is 10.4. The number of hydrogen-bond acceptors (Lipinski definition) is 7. The lowest BCUT2D eigenvalue weighted by Gasteiger charge is -2.08. The molecule has 0 spiro atoms. The van der Waals surface area contributed by atoms with E-state index in [2.05, 4.69) is 9.97 Å². The van der Waals surface area contributed by atoms with E-state index < -0.39 is 5.97 Å². The number of nitrogen functional groups attached to an aromatic ring is 1. The first-order valence-electron chi connectivity index (χ1n) is 6.42. The highest BCUT2D eigenvalue weighted by Gasteiger charge is 2.21. The summed E-state index contributed by atoms with van der Waals surface area (Å²) in [5.74, 6) is -0.350. The first kappa shape index (κ1) is 17.0. The Morgan fingerprint density at radius 1 is 1.29 bits per heavy atom. The van der Waals surface area contributed by atoms with Crippen LogP contribution in [-0.4, -0.2) is 15.9 Å². The van der Waals surface area contributed by atoms with Crippen molar-refractivity contribution in [3.05, 3.63) is 50.4 Å². The van der Waals surface area contributed by atoms with Crippen molar-refractivity contribution in [1.29, 1.82) is 0 Å². The van der Waals surface area contributed by atoms with Gasteiger partial charge in [0.15, 0.2) is 10.8 Å². The van der Waals surface area contributed by atoms with Gasteiger partial charge in [-0.1, -0.05) is 40.9 Å². The molecule has 3 heterocycles. The van der Waals surface area contributed by atoms with E-state index in [1.807, 2.05) is 17.5 Å². The van der Waals surface area contributed by atoms with Crippen LogP contribution in [0.25, 0.3) is 10.8 Å². The monoisotopic (exact) mass is 403 g/mol. The van der Waals surface area contributed by atoms with Gasteiger partial charge in [0.05, 0.1) is 15.6 Å². The number of anilines is 1. The summed E-state index contributed by atoms with van der Waals surface area (Å²) in [6, 6.07) is 3.75. The number of halogens is 3. The van der Waals surface area contributed by atoms with Crippen LogP contribution < -0.4 is 5.73 Å². The van der Waals surface area contributed by atoms with Crippen LogP contribution in [0.1, 0.15) is 16.2 Å². The topological polar surface area (TPSA) is 91.2 Å². The number of aromatic nitrogens is 2. The molecule has 10 heteroatoms. The molecule has 0 aromatic carbocycles. The van der Waals surface area contributed by atoms with Gasteiger partial charge in [0, 0.05) is 0 Å². The van der Waals surface area contributed by atoms with Crippen molar-refractivity contribution < 1.29 is 13.9 Å². The van der Waals surface area contributed by atoms with Crippen LogP contribution >= 0.6 is 46.1 Å². The summed E-state index contributed by atoms with van der Waals surface area (Å²) in [5.41, 5.74) is 5.85. The molecule has 0 atom stereocenters. The Kier molecular flexibility index (Phi) is 4.96. The maximum atomic E-state index is 12.1. The number of pyridine rings is 1. The molecule has 0 aliphatic heterocycles. The zero-order chi connectivity index (χ0) is 17.3. The molecule has 0 unspecified atom stereocenters. The zero-order valence-electron chi connectivity index (χ0n) is 11.8. The fourth-order valence-electron chi connectivity index (χ4n) is 1.76. The third-order valence-corrected chi connectivity index (χ3v) is 4.89. The summed E-state index contributed by atoms with van der Waals surface area (Å²) in [4.78, 5) is 21.0. The number of carbonyl (C=O) groups is 1. The number of carbonyl (C=O) groups excluding carboxylic acids is 1. The molecular weight excluding hydrogens is 397 g/mol. The van der Waals surface area contributed by atoms with Crippen LogP contribution in [0.15, 0.2) is 28.2 Å². The lowest BCUT2D eigenvalue weighted by molar-refractivity contribution is 0.0461. The highest BCUT2D eigenvalue weighted by molar-refractivity contribution is 7.13. The number of ether oxygens (including phenoxy) is 1. The molecule has 3 aromatic rings. The number of esters is 1. The average Bonchev–Trinajstić information content (AvgIpc) is 3.24. The molecule has 0 aliphatic rings. The lowest BCUT2D eigenvalue weighted by Crippen LogP contribution is -2.10. The Hall–Kier alpha value is -1.80. The molecule has 24 heavy (non-hydrogen) atoms. The minimum Gasteiger partial charge on any atom is -0.454 e. The molecule has 124 valence electrons. The molecule has 0 amide bonds. The fourth-order valence-corrected chi connectivity index (χ4v) is 3.00. The van der Waals surface area contributed by atoms with E-state index in [-0.39, 0.29) is 33.2 Å². The van der Waals surface area contributed by atoms with Crippen molar-refractivity contribution in [2.24, 2.45) is 0 Å². The van der Waals surface area contributed by atoms with Gasteiger partial charge in [0.1, 0.15) is 23.6 Å². The lowest BCUT2D eigenvalue weighted by atomic mass is 10.3. The molecule has 0 bridgehead atoms. The first-order valence-corrected chi connectivity index (χ1v) is 8.44. The summed E-state index contributed by atoms with van der Waals surface area (Å²) in [6.45, 7) is -0.119. The number of nitrogens with zero attached hydrogens (tertiary/aromatic N) is 2. The highest BCUT2D eigenvalue weighted by Crippen LogP contribution is 2.34. The Morgan fingerprint density at radius 3 is 2.79 bits per heavy atom. The molecule has 0 aliphatic carbocycles. The van der Waals surface area contributed by atoms with Crippen molar-refractivity contribution in [3.63, 3.8) is 0 Å². The largest absolute Gasteiger partial charge is 0.454 e. The average molecular weight is 405 g/mol. The van der Waals surface area contributed by atoms with Crippen molar-refractivity contribution in [3.8, 4) is 10.8 Å². The third kappa shape index (κ3) is 3.34. The summed E-state index contributed by atoms with van der Waals surface area (Å²) in [7, 11) is 0. The maximum Gasteiger partial charge on any atom is 0.359 e. The molecule has 0 radical (unpaired) electrons.